The van der Waals surface area contributed by atoms with E-state index in [4.69, 9.17) is 19.9 Å². The van der Waals surface area contributed by atoms with Crippen molar-refractivity contribution in [2.24, 2.45) is 16.5 Å². The minimum Gasteiger partial charge on any atom is -0.493 e. The van der Waals surface area contributed by atoms with Crippen molar-refractivity contribution >= 4 is 56.1 Å². The average Bonchev–Trinajstić information content (AvgIpc) is 3.87. The Morgan fingerprint density at radius 2 is 1.74 bits per heavy atom. The number of methoxy groups -OCH3 is 2. The number of H-pyrrole nitrogens is 1. The van der Waals surface area contributed by atoms with E-state index in [0.717, 1.165) is 82.6 Å². The SMILES string of the molecule is COc1ccc(CN2CCN(C3CC4(CCN(c5cc(O/C(I)=C/c6cc[nH]c6N)c(C(=O)NS(=O)(=O)C6=CCC(NC[C@H]7CC[C@](C)(O)CC7)C(N=O)=C6)cc5F)CC4)C3)[C@H](c3ccccc3C(C)C)C2)cc1OC. The van der Waals surface area contributed by atoms with Gasteiger partial charge in [0.2, 0.25) is 0 Å². The minimum atomic E-state index is -4.56. The molecule has 2 saturated carbocycles. The molecule has 0 bridgehead atoms. The number of nitrogen functional groups attached to an aromatic ring is 1. The van der Waals surface area contributed by atoms with Gasteiger partial charge in [0.25, 0.3) is 15.9 Å². The number of hydrogen-bond donors (Lipinski definition) is 5. The van der Waals surface area contributed by atoms with Crippen LogP contribution in [-0.4, -0.2) is 105 Å². The van der Waals surface area contributed by atoms with Crippen LogP contribution < -0.4 is 34.9 Å². The summed E-state index contributed by atoms with van der Waals surface area (Å²) in [5.41, 5.74) is 9.99. The number of rotatable bonds is 18. The third-order valence-corrected chi connectivity index (χ3v) is 18.5. The standard InChI is InChI=1S/C57H72FIN8O8S/c1-36(2)42-8-6-7-9-43(42)49-35-65(34-38-10-13-50(73-4)52(26-38)74-5)24-25-67(49)40-31-57(32-40)19-22-66(23-20-57)48-30-51(75-53(59)27-39-16-21-61-54(39)60)44(29-45(48)58)55(68)64-76(71,72)41-11-12-46(47(28-41)63-70)62-33-37-14-17-56(3,69)18-15-37/h6-11,13,16,21,26-30,36-37,40,46,49,61-62,69H,12,14-15,17-20,22-25,31-35,60H2,1-5H3,(H,64,68)/b53-27+/t37-,46?,49-,56-/m0/s1. The second-order valence-corrected chi connectivity index (χ2v) is 24.8. The number of anilines is 2. The van der Waals surface area contributed by atoms with E-state index < -0.39 is 33.4 Å². The topological polar surface area (TPSA) is 204 Å². The first-order chi connectivity index (χ1) is 36.4. The number of aromatic nitrogens is 1. The van der Waals surface area contributed by atoms with Crippen molar-refractivity contribution in [1.82, 2.24) is 24.8 Å². The normalized spacial score (nSPS) is 23.7. The van der Waals surface area contributed by atoms with Crippen LogP contribution in [0.1, 0.15) is 123 Å². The van der Waals surface area contributed by atoms with Gasteiger partial charge in [0.05, 0.1) is 42.0 Å². The van der Waals surface area contributed by atoms with E-state index in [1.54, 1.807) is 32.6 Å². The maximum absolute atomic E-state index is 16.6. The van der Waals surface area contributed by atoms with Gasteiger partial charge < -0.3 is 40.3 Å². The van der Waals surface area contributed by atoms with Crippen molar-refractivity contribution in [2.75, 3.05) is 64.1 Å². The lowest BCUT2D eigenvalue weighted by Gasteiger charge is -2.58. The van der Waals surface area contributed by atoms with E-state index in [1.807, 2.05) is 40.5 Å². The molecule has 2 atom stereocenters. The zero-order chi connectivity index (χ0) is 53.9. The quantitative estimate of drug-likeness (QED) is 0.0358. The first-order valence-corrected chi connectivity index (χ1v) is 29.1. The van der Waals surface area contributed by atoms with E-state index in [9.17, 15) is 23.2 Å². The van der Waals surface area contributed by atoms with E-state index in [2.05, 4.69) is 80.2 Å². The first kappa shape index (κ1) is 55.4. The van der Waals surface area contributed by atoms with Gasteiger partial charge in [-0.3, -0.25) is 14.6 Å². The summed E-state index contributed by atoms with van der Waals surface area (Å²) in [4.78, 5) is 36.0. The van der Waals surface area contributed by atoms with Crippen LogP contribution in [0.3, 0.4) is 0 Å². The van der Waals surface area contributed by atoms with Crippen molar-refractivity contribution in [3.8, 4) is 17.2 Å². The van der Waals surface area contributed by atoms with Crippen molar-refractivity contribution in [3.05, 3.63) is 132 Å². The smallest absolute Gasteiger partial charge is 0.268 e. The molecule has 2 saturated heterocycles. The molecule has 1 aromatic heterocycles. The number of ether oxygens (including phenoxy) is 3. The predicted molar refractivity (Wildman–Crippen MR) is 303 cm³/mol. The summed E-state index contributed by atoms with van der Waals surface area (Å²) in [6.07, 6.45) is 12.9. The van der Waals surface area contributed by atoms with Crippen LogP contribution in [0, 0.1) is 22.1 Å². The fourth-order valence-corrected chi connectivity index (χ4v) is 13.7. The largest absolute Gasteiger partial charge is 0.493 e. The van der Waals surface area contributed by atoms with Crippen LogP contribution in [0.4, 0.5) is 15.9 Å². The Labute approximate surface area is 459 Å². The number of carbonyl (C=O) groups is 1. The summed E-state index contributed by atoms with van der Waals surface area (Å²) in [5.74, 6) is 0.655. The summed E-state index contributed by atoms with van der Waals surface area (Å²) in [6, 6.07) is 19.4. The maximum Gasteiger partial charge on any atom is 0.268 e. The fourth-order valence-electron chi connectivity index (χ4n) is 12.1. The van der Waals surface area contributed by atoms with Gasteiger partial charge in [0.1, 0.15) is 23.1 Å². The number of piperazine rings is 1. The molecule has 9 rings (SSSR count). The summed E-state index contributed by atoms with van der Waals surface area (Å²) in [6.45, 7) is 11.7. The first-order valence-electron chi connectivity index (χ1n) is 26.5. The average molecular weight is 1180 g/mol. The van der Waals surface area contributed by atoms with Crippen LogP contribution in [-0.2, 0) is 16.6 Å². The van der Waals surface area contributed by atoms with Crippen molar-refractivity contribution in [3.63, 3.8) is 0 Å². The molecule has 4 fully saturated rings. The molecular weight excluding hydrogens is 1100 g/mol. The number of aliphatic hydroxyl groups is 1. The number of nitroso groups, excluding NO2 is 1. The van der Waals surface area contributed by atoms with Gasteiger partial charge in [-0.25, -0.2) is 17.5 Å². The molecule has 76 heavy (non-hydrogen) atoms. The van der Waals surface area contributed by atoms with Crippen LogP contribution >= 0.6 is 22.6 Å². The molecule has 3 aliphatic carbocycles. The number of aromatic amines is 1. The number of piperidine rings is 1. The fraction of sp³-hybridized carbons (Fsp3) is 0.491. The zero-order valence-electron chi connectivity index (χ0n) is 44.1. The number of sulfonamides is 1. The van der Waals surface area contributed by atoms with Crippen molar-refractivity contribution in [2.45, 2.75) is 115 Å². The Balaban J connectivity index is 0.886. The number of carbonyl (C=O) groups excluding carboxylic acids is 1. The van der Waals surface area contributed by atoms with E-state index >= 15 is 4.39 Å². The molecule has 3 heterocycles. The van der Waals surface area contributed by atoms with Crippen molar-refractivity contribution < 1.29 is 36.9 Å². The Kier molecular flexibility index (Phi) is 17.0. The lowest BCUT2D eigenvalue weighted by molar-refractivity contribution is -0.0628. The van der Waals surface area contributed by atoms with Crippen LogP contribution in [0.5, 0.6) is 17.2 Å². The Bertz CT molecular complexity index is 2970. The van der Waals surface area contributed by atoms with Crippen LogP contribution in [0.2, 0.25) is 0 Å². The van der Waals surface area contributed by atoms with Gasteiger partial charge in [-0.05, 0) is 169 Å². The molecule has 3 aromatic carbocycles. The summed E-state index contributed by atoms with van der Waals surface area (Å²) < 4.78 is 64.1. The predicted octanol–water partition coefficient (Wildman–Crippen LogP) is 9.89. The molecular formula is C57H72FIN8O8S. The lowest BCUT2D eigenvalue weighted by atomic mass is 9.59. The number of benzene rings is 3. The summed E-state index contributed by atoms with van der Waals surface area (Å²) in [5, 5.41) is 16.8. The monoisotopic (exact) mass is 1170 g/mol. The number of allylic oxidation sites excluding steroid dienone is 1. The number of nitrogens with one attached hydrogen (secondary N) is 3. The summed E-state index contributed by atoms with van der Waals surface area (Å²) in [7, 11) is -1.24. The molecule has 408 valence electrons. The van der Waals surface area contributed by atoms with Crippen LogP contribution in [0.25, 0.3) is 6.08 Å². The zero-order valence-corrected chi connectivity index (χ0v) is 47.1. The third-order valence-electron chi connectivity index (χ3n) is 16.6. The van der Waals surface area contributed by atoms with Gasteiger partial charge in [-0.1, -0.05) is 50.3 Å². The van der Waals surface area contributed by atoms with Gasteiger partial charge in [-0.2, -0.15) is 0 Å². The second kappa shape index (κ2) is 23.3. The highest BCUT2D eigenvalue weighted by Gasteiger charge is 2.50. The highest BCUT2D eigenvalue weighted by molar-refractivity contribution is 14.1. The Morgan fingerprint density at radius 1 is 1.00 bits per heavy atom. The van der Waals surface area contributed by atoms with E-state index in [1.165, 1.54) is 28.8 Å². The van der Waals surface area contributed by atoms with Gasteiger partial charge in [-0.15, -0.1) is 4.91 Å². The van der Waals surface area contributed by atoms with E-state index in [0.29, 0.717) is 71.3 Å². The Hall–Kier alpha value is -5.32. The minimum absolute atomic E-state index is 0.0138. The molecule has 19 heteroatoms. The molecule has 1 spiro atoms. The number of halogens is 2. The highest BCUT2D eigenvalue weighted by Crippen LogP contribution is 2.54. The van der Waals surface area contributed by atoms with Gasteiger partial charge in [0, 0.05) is 69.2 Å². The lowest BCUT2D eigenvalue weighted by Crippen LogP contribution is -2.60. The molecule has 1 amide bonds. The van der Waals surface area contributed by atoms with Crippen LogP contribution in [0.15, 0.2) is 98.6 Å². The number of nitrogens with two attached hydrogens (primary N) is 1. The van der Waals surface area contributed by atoms with E-state index in [-0.39, 0.29) is 45.5 Å². The molecule has 1 unspecified atom stereocenters. The molecule has 4 aromatic rings. The number of hydrogen-bond acceptors (Lipinski definition) is 14. The highest BCUT2D eigenvalue weighted by atomic mass is 127. The third kappa shape index (κ3) is 12.5. The molecule has 16 nitrogen and oxygen atoms in total. The molecule has 2 aliphatic heterocycles. The maximum atomic E-state index is 16.6. The second-order valence-electron chi connectivity index (χ2n) is 22.0. The van der Waals surface area contributed by atoms with Gasteiger partial charge >= 0.3 is 0 Å². The Morgan fingerprint density at radius 3 is 2.42 bits per heavy atom. The van der Waals surface area contributed by atoms with Gasteiger partial charge in [0.15, 0.2) is 15.3 Å². The van der Waals surface area contributed by atoms with Crippen molar-refractivity contribution in [1.29, 1.82) is 0 Å². The molecule has 6 N–H and O–H groups in total. The number of nitrogens with zero attached hydrogens (tertiary/aromatic N) is 4. The number of amides is 1. The molecule has 5 aliphatic rings. The summed E-state index contributed by atoms with van der Waals surface area (Å²) >= 11 is 1.95. The molecule has 0 radical (unpaired) electrons.